The number of benzene rings is 1. The lowest BCUT2D eigenvalue weighted by atomic mass is 9.90. The minimum atomic E-state index is 0.280. The van der Waals surface area contributed by atoms with Crippen LogP contribution in [0, 0.1) is 13.8 Å². The number of aryl methyl sites for hydroxylation is 1. The summed E-state index contributed by atoms with van der Waals surface area (Å²) < 4.78 is 0. The van der Waals surface area contributed by atoms with Gasteiger partial charge in [0.2, 0.25) is 5.91 Å². The van der Waals surface area contributed by atoms with Gasteiger partial charge in [0.1, 0.15) is 0 Å². The lowest BCUT2D eigenvalue weighted by molar-refractivity contribution is -0.135. The highest BCUT2D eigenvalue weighted by Gasteiger charge is 2.30. The molecule has 1 aromatic rings. The number of likely N-dealkylation sites (tertiary alicyclic amines) is 1. The Kier molecular flexibility index (Phi) is 4.82. The lowest BCUT2D eigenvalue weighted by Gasteiger charge is -2.37. The first kappa shape index (κ1) is 15.5. The molecule has 2 saturated heterocycles. The van der Waals surface area contributed by atoms with Crippen LogP contribution in [0.4, 0.5) is 0 Å². The van der Waals surface area contributed by atoms with Crippen LogP contribution in [0.15, 0.2) is 18.2 Å². The molecule has 120 valence electrons. The van der Waals surface area contributed by atoms with Crippen LogP contribution in [0.2, 0.25) is 0 Å². The number of carbonyl (C=O) groups is 1. The van der Waals surface area contributed by atoms with Gasteiger partial charge < -0.3 is 10.2 Å². The van der Waals surface area contributed by atoms with E-state index in [1.165, 1.54) is 29.5 Å². The zero-order valence-corrected chi connectivity index (χ0v) is 13.9. The summed E-state index contributed by atoms with van der Waals surface area (Å²) in [5.74, 6) is 0.338. The van der Waals surface area contributed by atoms with Crippen molar-refractivity contribution in [1.29, 1.82) is 0 Å². The molecule has 0 radical (unpaired) electrons. The van der Waals surface area contributed by atoms with Crippen molar-refractivity contribution in [3.05, 3.63) is 34.9 Å². The second-order valence-corrected chi connectivity index (χ2v) is 6.89. The number of rotatable bonds is 3. The third-order valence-corrected chi connectivity index (χ3v) is 5.41. The molecule has 2 aliphatic heterocycles. The molecule has 3 heteroatoms. The first-order valence-electron chi connectivity index (χ1n) is 8.76. The average Bonchev–Trinajstić information content (AvgIpc) is 3.03. The second-order valence-electron chi connectivity index (χ2n) is 6.89. The van der Waals surface area contributed by atoms with Crippen molar-refractivity contribution in [2.24, 2.45) is 0 Å². The smallest absolute Gasteiger partial charge is 0.224 e. The topological polar surface area (TPSA) is 32.3 Å². The molecule has 2 unspecified atom stereocenters. The van der Waals surface area contributed by atoms with Crippen molar-refractivity contribution in [3.63, 3.8) is 0 Å². The molecular weight excluding hydrogens is 272 g/mol. The monoisotopic (exact) mass is 300 g/mol. The number of piperidine rings is 1. The zero-order valence-electron chi connectivity index (χ0n) is 13.9. The van der Waals surface area contributed by atoms with Crippen LogP contribution in [0.25, 0.3) is 0 Å². The largest absolute Gasteiger partial charge is 0.336 e. The maximum absolute atomic E-state index is 12.8. The lowest BCUT2D eigenvalue weighted by Crippen LogP contribution is -2.41. The normalized spacial score (nSPS) is 25.5. The highest BCUT2D eigenvalue weighted by atomic mass is 16.2. The zero-order chi connectivity index (χ0) is 15.5. The summed E-state index contributed by atoms with van der Waals surface area (Å²) >= 11 is 0. The van der Waals surface area contributed by atoms with E-state index in [0.717, 1.165) is 32.4 Å². The molecule has 3 rings (SSSR count). The van der Waals surface area contributed by atoms with E-state index in [2.05, 4.69) is 42.3 Å². The van der Waals surface area contributed by atoms with Gasteiger partial charge in [0.25, 0.3) is 0 Å². The first-order valence-corrected chi connectivity index (χ1v) is 8.76. The Hall–Kier alpha value is -1.35. The van der Waals surface area contributed by atoms with Gasteiger partial charge in [-0.05, 0) is 69.2 Å². The first-order chi connectivity index (χ1) is 10.7. The number of nitrogens with zero attached hydrogens (tertiary/aromatic N) is 1. The third kappa shape index (κ3) is 3.19. The summed E-state index contributed by atoms with van der Waals surface area (Å²) in [6.45, 7) is 6.35. The highest BCUT2D eigenvalue weighted by molar-refractivity contribution is 5.77. The Morgan fingerprint density at radius 3 is 2.86 bits per heavy atom. The van der Waals surface area contributed by atoms with E-state index in [9.17, 15) is 4.79 Å². The third-order valence-electron chi connectivity index (χ3n) is 5.41. The SMILES string of the molecule is Cc1cccc(C2CCCCN2C(=O)CC2CCCN2)c1C. The number of carbonyl (C=O) groups excluding carboxylic acids is 1. The number of amides is 1. The molecule has 2 heterocycles. The summed E-state index contributed by atoms with van der Waals surface area (Å²) in [5.41, 5.74) is 4.03. The highest BCUT2D eigenvalue weighted by Crippen LogP contribution is 2.34. The van der Waals surface area contributed by atoms with Crippen molar-refractivity contribution in [3.8, 4) is 0 Å². The van der Waals surface area contributed by atoms with Gasteiger partial charge in [-0.1, -0.05) is 18.2 Å². The second kappa shape index (κ2) is 6.82. The van der Waals surface area contributed by atoms with Crippen molar-refractivity contribution >= 4 is 5.91 Å². The van der Waals surface area contributed by atoms with Gasteiger partial charge in [0.15, 0.2) is 0 Å². The van der Waals surface area contributed by atoms with Gasteiger partial charge in [0, 0.05) is 19.0 Å². The fourth-order valence-electron chi connectivity index (χ4n) is 3.95. The Morgan fingerprint density at radius 2 is 2.09 bits per heavy atom. The number of hydrogen-bond acceptors (Lipinski definition) is 2. The van der Waals surface area contributed by atoms with Crippen molar-refractivity contribution in [1.82, 2.24) is 10.2 Å². The Balaban J connectivity index is 1.78. The van der Waals surface area contributed by atoms with E-state index in [1.54, 1.807) is 0 Å². The summed E-state index contributed by atoms with van der Waals surface area (Å²) in [6, 6.07) is 7.19. The summed E-state index contributed by atoms with van der Waals surface area (Å²) in [6.07, 6.45) is 6.50. The minimum absolute atomic E-state index is 0.280. The average molecular weight is 300 g/mol. The number of hydrogen-bond donors (Lipinski definition) is 1. The van der Waals surface area contributed by atoms with Crippen LogP contribution in [-0.2, 0) is 4.79 Å². The van der Waals surface area contributed by atoms with Crippen molar-refractivity contribution in [2.45, 2.75) is 64.5 Å². The molecular formula is C19H28N2O. The van der Waals surface area contributed by atoms with E-state index < -0.39 is 0 Å². The molecule has 1 amide bonds. The Labute approximate surface area is 134 Å². The predicted molar refractivity (Wildman–Crippen MR) is 89.9 cm³/mol. The summed E-state index contributed by atoms with van der Waals surface area (Å²) in [7, 11) is 0. The molecule has 22 heavy (non-hydrogen) atoms. The van der Waals surface area contributed by atoms with Crippen LogP contribution >= 0.6 is 0 Å². The van der Waals surface area contributed by atoms with Gasteiger partial charge in [0.05, 0.1) is 6.04 Å². The van der Waals surface area contributed by atoms with Crippen LogP contribution in [0.3, 0.4) is 0 Å². The van der Waals surface area contributed by atoms with Crippen LogP contribution in [0.5, 0.6) is 0 Å². The molecule has 0 spiro atoms. The van der Waals surface area contributed by atoms with E-state index in [4.69, 9.17) is 0 Å². The molecule has 2 aliphatic rings. The summed E-state index contributed by atoms with van der Waals surface area (Å²) in [5, 5.41) is 3.45. The fraction of sp³-hybridized carbons (Fsp3) is 0.632. The maximum atomic E-state index is 12.8. The van der Waals surface area contributed by atoms with Crippen LogP contribution in [0.1, 0.15) is 61.3 Å². The molecule has 0 bridgehead atoms. The predicted octanol–water partition coefficient (Wildman–Crippen LogP) is 3.50. The van der Waals surface area contributed by atoms with Gasteiger partial charge in [-0.2, -0.15) is 0 Å². The van der Waals surface area contributed by atoms with Gasteiger partial charge in [-0.25, -0.2) is 0 Å². The van der Waals surface area contributed by atoms with Crippen molar-refractivity contribution in [2.75, 3.05) is 13.1 Å². The van der Waals surface area contributed by atoms with E-state index >= 15 is 0 Å². The van der Waals surface area contributed by atoms with Gasteiger partial charge in [-0.15, -0.1) is 0 Å². The van der Waals surface area contributed by atoms with Gasteiger partial charge >= 0.3 is 0 Å². The molecule has 1 N–H and O–H groups in total. The van der Waals surface area contributed by atoms with Crippen LogP contribution in [-0.4, -0.2) is 29.9 Å². The molecule has 2 atom stereocenters. The minimum Gasteiger partial charge on any atom is -0.336 e. The van der Waals surface area contributed by atoms with Crippen molar-refractivity contribution < 1.29 is 4.79 Å². The van der Waals surface area contributed by atoms with E-state index in [0.29, 0.717) is 18.4 Å². The molecule has 0 aromatic heterocycles. The fourth-order valence-corrected chi connectivity index (χ4v) is 3.95. The maximum Gasteiger partial charge on any atom is 0.224 e. The standard InChI is InChI=1S/C19H28N2O/c1-14-7-5-9-17(15(14)2)18-10-3-4-12-21(18)19(22)13-16-8-6-11-20-16/h5,7,9,16,18,20H,3-4,6,8,10-13H2,1-2H3. The molecule has 0 aliphatic carbocycles. The van der Waals surface area contributed by atoms with Gasteiger partial charge in [-0.3, -0.25) is 4.79 Å². The Bertz CT molecular complexity index is 534. The molecule has 0 saturated carbocycles. The molecule has 1 aromatic carbocycles. The van der Waals surface area contributed by atoms with Crippen LogP contribution < -0.4 is 5.32 Å². The van der Waals surface area contributed by atoms with E-state index in [1.807, 2.05) is 0 Å². The summed E-state index contributed by atoms with van der Waals surface area (Å²) in [4.78, 5) is 15.0. The molecule has 3 nitrogen and oxygen atoms in total. The Morgan fingerprint density at radius 1 is 1.23 bits per heavy atom. The quantitative estimate of drug-likeness (QED) is 0.926. The van der Waals surface area contributed by atoms with E-state index in [-0.39, 0.29) is 6.04 Å². The number of nitrogens with one attached hydrogen (secondary N) is 1. The molecule has 2 fully saturated rings.